The lowest BCUT2D eigenvalue weighted by atomic mass is 10.3. The van der Waals surface area contributed by atoms with Crippen LogP contribution < -0.4 is 4.90 Å². The second-order valence-corrected chi connectivity index (χ2v) is 10.3. The summed E-state index contributed by atoms with van der Waals surface area (Å²) in [6, 6.07) is 7.16. The van der Waals surface area contributed by atoms with E-state index in [1.807, 2.05) is 19.1 Å². The van der Waals surface area contributed by atoms with E-state index >= 15 is 0 Å². The standard InChI is InChI=1S/C14H15BrN6O2S2/c1-10-16-17-12-3-4-13(18-21(10)12)19-6-8-20(9-7-19)25(22,23)14-5-2-11(15)24-14/h2-5H,6-9H2,1H3. The van der Waals surface area contributed by atoms with Gasteiger partial charge in [-0.1, -0.05) is 0 Å². The van der Waals surface area contributed by atoms with Crippen LogP contribution in [0.15, 0.2) is 32.3 Å². The van der Waals surface area contributed by atoms with E-state index in [0.717, 1.165) is 15.4 Å². The second kappa shape index (κ2) is 6.31. The number of thiophene rings is 1. The highest BCUT2D eigenvalue weighted by molar-refractivity contribution is 9.11. The molecule has 4 heterocycles. The average Bonchev–Trinajstić information content (AvgIpc) is 3.21. The van der Waals surface area contributed by atoms with Gasteiger partial charge in [0.25, 0.3) is 10.0 Å². The molecule has 0 bridgehead atoms. The van der Waals surface area contributed by atoms with Crippen molar-refractivity contribution in [3.63, 3.8) is 0 Å². The smallest absolute Gasteiger partial charge is 0.252 e. The van der Waals surface area contributed by atoms with E-state index in [4.69, 9.17) is 0 Å². The molecule has 0 unspecified atom stereocenters. The first-order valence-electron chi connectivity index (χ1n) is 7.65. The van der Waals surface area contributed by atoms with Crippen molar-refractivity contribution >= 4 is 48.8 Å². The third kappa shape index (κ3) is 3.05. The minimum Gasteiger partial charge on any atom is -0.353 e. The number of nitrogens with zero attached hydrogens (tertiary/aromatic N) is 6. The Morgan fingerprint density at radius 2 is 1.84 bits per heavy atom. The number of rotatable bonds is 3. The maximum absolute atomic E-state index is 12.7. The van der Waals surface area contributed by atoms with E-state index < -0.39 is 10.0 Å². The van der Waals surface area contributed by atoms with Crippen molar-refractivity contribution in [1.29, 1.82) is 0 Å². The molecule has 132 valence electrons. The summed E-state index contributed by atoms with van der Waals surface area (Å²) in [5.41, 5.74) is 0.700. The van der Waals surface area contributed by atoms with E-state index in [-0.39, 0.29) is 0 Å². The summed E-state index contributed by atoms with van der Waals surface area (Å²) in [5.74, 6) is 1.52. The molecule has 25 heavy (non-hydrogen) atoms. The summed E-state index contributed by atoms with van der Waals surface area (Å²) in [4.78, 5) is 2.08. The Kier molecular flexibility index (Phi) is 4.26. The summed E-state index contributed by atoms with van der Waals surface area (Å²) >= 11 is 4.55. The zero-order valence-corrected chi connectivity index (χ0v) is 16.6. The van der Waals surface area contributed by atoms with Crippen molar-refractivity contribution < 1.29 is 8.42 Å². The maximum atomic E-state index is 12.7. The first kappa shape index (κ1) is 16.9. The molecule has 8 nitrogen and oxygen atoms in total. The molecule has 0 atom stereocenters. The van der Waals surface area contributed by atoms with Crippen molar-refractivity contribution in [2.24, 2.45) is 0 Å². The normalized spacial score (nSPS) is 16.6. The van der Waals surface area contributed by atoms with Gasteiger partial charge in [-0.3, -0.25) is 0 Å². The van der Waals surface area contributed by atoms with Crippen molar-refractivity contribution in [1.82, 2.24) is 24.1 Å². The molecule has 1 fully saturated rings. The number of sulfonamides is 1. The van der Waals surface area contributed by atoms with Crippen LogP contribution in [0.1, 0.15) is 5.82 Å². The topological polar surface area (TPSA) is 83.7 Å². The molecule has 11 heteroatoms. The quantitative estimate of drug-likeness (QED) is 0.614. The molecule has 1 saturated heterocycles. The highest BCUT2D eigenvalue weighted by atomic mass is 79.9. The fourth-order valence-electron chi connectivity index (χ4n) is 2.78. The predicted octanol–water partition coefficient (Wildman–Crippen LogP) is 1.77. The molecule has 0 aromatic carbocycles. The first-order chi connectivity index (χ1) is 11.9. The van der Waals surface area contributed by atoms with Gasteiger partial charge >= 0.3 is 0 Å². The average molecular weight is 443 g/mol. The van der Waals surface area contributed by atoms with Crippen LogP contribution >= 0.6 is 27.3 Å². The summed E-state index contributed by atoms with van der Waals surface area (Å²) in [7, 11) is -3.43. The Labute approximate surface area is 157 Å². The van der Waals surface area contributed by atoms with Crippen molar-refractivity contribution in [3.05, 3.63) is 33.9 Å². The Morgan fingerprint density at radius 1 is 1.08 bits per heavy atom. The van der Waals surface area contributed by atoms with Crippen molar-refractivity contribution in [3.8, 4) is 0 Å². The van der Waals surface area contributed by atoms with Gasteiger partial charge in [-0.15, -0.1) is 26.6 Å². The van der Waals surface area contributed by atoms with Gasteiger partial charge in [0.15, 0.2) is 11.5 Å². The van der Waals surface area contributed by atoms with Crippen LogP contribution in [-0.2, 0) is 10.0 Å². The van der Waals surface area contributed by atoms with Crippen LogP contribution in [0, 0.1) is 6.92 Å². The number of hydrogen-bond acceptors (Lipinski definition) is 7. The van der Waals surface area contributed by atoms with Gasteiger partial charge in [0.1, 0.15) is 10.0 Å². The minimum atomic E-state index is -3.43. The van der Waals surface area contributed by atoms with Gasteiger partial charge < -0.3 is 4.90 Å². The first-order valence-corrected chi connectivity index (χ1v) is 10.7. The molecule has 1 aliphatic rings. The second-order valence-electron chi connectivity index (χ2n) is 5.66. The zero-order valence-electron chi connectivity index (χ0n) is 13.3. The molecule has 1 aliphatic heterocycles. The number of aryl methyl sites for hydroxylation is 1. The molecule has 0 amide bonds. The molecule has 0 aliphatic carbocycles. The van der Waals surface area contributed by atoms with Gasteiger partial charge in [0.05, 0.1) is 3.79 Å². The summed E-state index contributed by atoms with van der Waals surface area (Å²) < 4.78 is 29.8. The van der Waals surface area contributed by atoms with Crippen LogP contribution in [-0.4, -0.2) is 58.7 Å². The van der Waals surface area contributed by atoms with Crippen LogP contribution in [0.2, 0.25) is 0 Å². The molecule has 3 aromatic rings. The molecule has 0 N–H and O–H groups in total. The highest BCUT2D eigenvalue weighted by Crippen LogP contribution is 2.29. The van der Waals surface area contributed by atoms with E-state index in [2.05, 4.69) is 36.1 Å². The molecule has 0 radical (unpaired) electrons. The largest absolute Gasteiger partial charge is 0.353 e. The monoisotopic (exact) mass is 442 g/mol. The fraction of sp³-hybridized carbons (Fsp3) is 0.357. The summed E-state index contributed by atoms with van der Waals surface area (Å²) in [6.45, 7) is 3.88. The molecular formula is C14H15BrN6O2S2. The molecule has 0 spiro atoms. The van der Waals surface area contributed by atoms with Crippen LogP contribution in [0.5, 0.6) is 0 Å². The van der Waals surface area contributed by atoms with Gasteiger partial charge in [-0.25, -0.2) is 8.42 Å². The molecule has 3 aromatic heterocycles. The third-order valence-corrected chi connectivity index (χ3v) is 8.10. The summed E-state index contributed by atoms with van der Waals surface area (Å²) in [5, 5.41) is 12.6. The number of fused-ring (bicyclic) bond motifs is 1. The lowest BCUT2D eigenvalue weighted by Crippen LogP contribution is -2.48. The van der Waals surface area contributed by atoms with Gasteiger partial charge in [0.2, 0.25) is 0 Å². The van der Waals surface area contributed by atoms with Crippen LogP contribution in [0.3, 0.4) is 0 Å². The summed E-state index contributed by atoms with van der Waals surface area (Å²) in [6.07, 6.45) is 0. The van der Waals surface area contributed by atoms with Crippen molar-refractivity contribution in [2.45, 2.75) is 11.1 Å². The van der Waals surface area contributed by atoms with E-state index in [9.17, 15) is 8.42 Å². The maximum Gasteiger partial charge on any atom is 0.252 e. The zero-order chi connectivity index (χ0) is 17.6. The Morgan fingerprint density at radius 3 is 2.52 bits per heavy atom. The predicted molar refractivity (Wildman–Crippen MR) is 98.5 cm³/mol. The Bertz CT molecular complexity index is 1020. The number of hydrogen-bond donors (Lipinski definition) is 0. The van der Waals surface area contributed by atoms with Gasteiger partial charge in [0, 0.05) is 26.2 Å². The van der Waals surface area contributed by atoms with Crippen molar-refractivity contribution in [2.75, 3.05) is 31.1 Å². The van der Waals surface area contributed by atoms with Gasteiger partial charge in [-0.05, 0) is 47.1 Å². The van der Waals surface area contributed by atoms with Gasteiger partial charge in [-0.2, -0.15) is 8.82 Å². The number of halogens is 1. The Balaban J connectivity index is 1.51. The van der Waals surface area contributed by atoms with Crippen LogP contribution in [0.4, 0.5) is 5.82 Å². The van der Waals surface area contributed by atoms with E-state index in [1.165, 1.54) is 15.6 Å². The molecular weight excluding hydrogens is 428 g/mol. The number of piperazine rings is 1. The van der Waals surface area contributed by atoms with E-state index in [1.54, 1.807) is 16.6 Å². The number of anilines is 1. The number of aromatic nitrogens is 4. The van der Waals surface area contributed by atoms with E-state index in [0.29, 0.717) is 36.0 Å². The third-order valence-electron chi connectivity index (χ3n) is 4.11. The molecule has 4 rings (SSSR count). The minimum absolute atomic E-state index is 0.368. The lowest BCUT2D eigenvalue weighted by molar-refractivity contribution is 0.384. The Hall–Kier alpha value is -1.56. The van der Waals surface area contributed by atoms with Crippen LogP contribution in [0.25, 0.3) is 5.65 Å². The lowest BCUT2D eigenvalue weighted by Gasteiger charge is -2.34. The highest BCUT2D eigenvalue weighted by Gasteiger charge is 2.30. The molecule has 0 saturated carbocycles. The SMILES string of the molecule is Cc1nnc2ccc(N3CCN(S(=O)(=O)c4ccc(Br)s4)CC3)nn12. The fourth-order valence-corrected chi connectivity index (χ4v) is 6.36.